The van der Waals surface area contributed by atoms with Gasteiger partial charge in [0.15, 0.2) is 0 Å². The molecule has 5 aliphatic carbocycles. The number of alkyl halides is 3. The number of carbonyl (C=O) groups excluding carboxylic acids is 1. The van der Waals surface area contributed by atoms with E-state index in [-0.39, 0.29) is 28.8 Å². The Kier molecular flexibility index (Phi) is 8.15. The van der Waals surface area contributed by atoms with Gasteiger partial charge in [-0.2, -0.15) is 32.7 Å². The highest BCUT2D eigenvalue weighted by molar-refractivity contribution is 5.94. The lowest BCUT2D eigenvalue weighted by molar-refractivity contribution is -0.680. The summed E-state index contributed by atoms with van der Waals surface area (Å²) in [6.07, 6.45) is 6.07. The number of amides is 1. The van der Waals surface area contributed by atoms with Gasteiger partial charge in [-0.1, -0.05) is 0 Å². The zero-order chi connectivity index (χ0) is 31.4. The van der Waals surface area contributed by atoms with E-state index in [9.17, 15) is 18.0 Å². The van der Waals surface area contributed by atoms with E-state index in [0.717, 1.165) is 43.6 Å². The Hall–Kier alpha value is -2.67. The van der Waals surface area contributed by atoms with Crippen molar-refractivity contribution in [3.63, 3.8) is 0 Å². The number of hydrogen-bond acceptors (Lipinski definition) is 8. The zero-order valence-electron chi connectivity index (χ0n) is 25.8. The van der Waals surface area contributed by atoms with E-state index in [1.807, 2.05) is 6.92 Å². The predicted octanol–water partition coefficient (Wildman–Crippen LogP) is 6.91. The maximum atomic E-state index is 13.6. The van der Waals surface area contributed by atoms with Gasteiger partial charge in [0, 0.05) is 60.8 Å². The summed E-state index contributed by atoms with van der Waals surface area (Å²) in [4.78, 5) is 41.4. The largest absolute Gasteiger partial charge is 0.497 e. The van der Waals surface area contributed by atoms with E-state index in [2.05, 4.69) is 15.6 Å². The molecular formula is C33H42F3N3O6. The van der Waals surface area contributed by atoms with Crippen molar-refractivity contribution in [1.82, 2.24) is 10.3 Å². The van der Waals surface area contributed by atoms with Crippen LogP contribution in [-0.2, 0) is 30.5 Å². The number of nitrogens with one attached hydrogen (secondary N) is 2. The average Bonchev–Trinajstić information content (AvgIpc) is 3.02. The molecule has 9 nitrogen and oxygen atoms in total. The summed E-state index contributed by atoms with van der Waals surface area (Å²) >= 11 is 0. The van der Waals surface area contributed by atoms with Gasteiger partial charge in [0.05, 0.1) is 23.9 Å². The van der Waals surface area contributed by atoms with Gasteiger partial charge < -0.3 is 15.4 Å². The van der Waals surface area contributed by atoms with Crippen LogP contribution in [0.15, 0.2) is 24.4 Å². The molecule has 6 fully saturated rings. The third-order valence-corrected chi connectivity index (χ3v) is 10.9. The molecule has 246 valence electrons. The Morgan fingerprint density at radius 2 is 1.71 bits per heavy atom. The molecule has 1 atom stereocenters. The van der Waals surface area contributed by atoms with E-state index in [1.54, 1.807) is 6.07 Å². The normalized spacial score (nSPS) is 34.7. The molecule has 1 amide bonds. The maximum absolute atomic E-state index is 13.6. The van der Waals surface area contributed by atoms with Crippen molar-refractivity contribution in [1.29, 1.82) is 0 Å². The fraction of sp³-hybridized carbons (Fsp3) is 0.697. The first-order valence-corrected chi connectivity index (χ1v) is 16.4. The van der Waals surface area contributed by atoms with Crippen molar-refractivity contribution in [2.24, 2.45) is 29.6 Å². The molecule has 1 saturated heterocycles. The van der Waals surface area contributed by atoms with Crippen LogP contribution in [0.4, 0.5) is 18.9 Å². The number of rotatable bonds is 8. The van der Waals surface area contributed by atoms with Crippen molar-refractivity contribution in [3.8, 4) is 5.75 Å². The van der Waals surface area contributed by atoms with Crippen LogP contribution in [0, 0.1) is 29.6 Å². The first kappa shape index (κ1) is 31.0. The van der Waals surface area contributed by atoms with Crippen LogP contribution in [0.5, 0.6) is 5.75 Å². The van der Waals surface area contributed by atoms with E-state index in [1.165, 1.54) is 25.8 Å². The van der Waals surface area contributed by atoms with Crippen LogP contribution in [0.25, 0.3) is 10.9 Å². The van der Waals surface area contributed by atoms with Crippen LogP contribution >= 0.6 is 0 Å². The number of hydrogen-bond donors (Lipinski definition) is 2. The summed E-state index contributed by atoms with van der Waals surface area (Å²) in [6, 6.07) is 3.90. The molecule has 1 aromatic carbocycles. The minimum atomic E-state index is -4.51. The molecule has 1 aliphatic heterocycles. The number of benzene rings is 1. The number of anilines is 1. The molecule has 2 N–H and O–H groups in total. The first-order chi connectivity index (χ1) is 21.6. The standard InChI is InChI=1S/C33H42F3N3O6/c1-19(39-28-18-25(41-2)17-26-27(33(34,35)36)7-11-37-29(26)28)4-3-10-38-30(40)22-5-8-31(9-6-22)42-44-32(45-43-31)23-13-20-12-21(15-23)16-24(32)14-20/h7,11,17-24,39H,3-6,8-10,12-16H2,1-2H3,(H,38,40). The van der Waals surface area contributed by atoms with Gasteiger partial charge >= 0.3 is 6.18 Å². The predicted molar refractivity (Wildman–Crippen MR) is 157 cm³/mol. The Bertz CT molecular complexity index is 1370. The number of ether oxygens (including phenoxy) is 1. The average molecular weight is 634 g/mol. The van der Waals surface area contributed by atoms with Crippen molar-refractivity contribution in [3.05, 3.63) is 30.0 Å². The first-order valence-electron chi connectivity index (χ1n) is 16.4. The lowest BCUT2D eigenvalue weighted by atomic mass is 9.53. The van der Waals surface area contributed by atoms with Gasteiger partial charge in [0.2, 0.25) is 17.5 Å². The van der Waals surface area contributed by atoms with Crippen LogP contribution in [0.3, 0.4) is 0 Å². The molecular weight excluding hydrogens is 591 g/mol. The van der Waals surface area contributed by atoms with Gasteiger partial charge in [-0.3, -0.25) is 9.78 Å². The van der Waals surface area contributed by atoms with Crippen LogP contribution < -0.4 is 15.4 Å². The summed E-state index contributed by atoms with van der Waals surface area (Å²) < 4.78 is 46.1. The molecule has 5 saturated carbocycles. The highest BCUT2D eigenvalue weighted by Crippen LogP contribution is 2.62. The summed E-state index contributed by atoms with van der Waals surface area (Å²) in [6.45, 7) is 2.44. The van der Waals surface area contributed by atoms with E-state index >= 15 is 0 Å². The number of nitrogens with zero attached hydrogens (tertiary/aromatic N) is 1. The maximum Gasteiger partial charge on any atom is 0.417 e. The van der Waals surface area contributed by atoms with E-state index in [4.69, 9.17) is 24.3 Å². The van der Waals surface area contributed by atoms with Gasteiger partial charge in [-0.25, -0.2) is 0 Å². The summed E-state index contributed by atoms with van der Waals surface area (Å²) in [5.41, 5.74) is -0.0556. The molecule has 2 spiro atoms. The topological polar surface area (TPSA) is 100 Å². The zero-order valence-corrected chi connectivity index (χ0v) is 25.8. The number of fused-ring (bicyclic) bond motifs is 1. The Morgan fingerprint density at radius 1 is 1.04 bits per heavy atom. The molecule has 12 heteroatoms. The Labute approximate surface area is 260 Å². The number of carbonyl (C=O) groups is 1. The van der Waals surface area contributed by atoms with E-state index in [0.29, 0.717) is 68.3 Å². The van der Waals surface area contributed by atoms with Gasteiger partial charge in [-0.05, 0) is 88.7 Å². The van der Waals surface area contributed by atoms with Gasteiger partial charge in [-0.15, -0.1) is 0 Å². The molecule has 8 rings (SSSR count). The monoisotopic (exact) mass is 633 g/mol. The van der Waals surface area contributed by atoms with Crippen molar-refractivity contribution < 1.29 is 42.3 Å². The van der Waals surface area contributed by atoms with Crippen LogP contribution in [0.2, 0.25) is 0 Å². The molecule has 4 bridgehead atoms. The molecule has 45 heavy (non-hydrogen) atoms. The Morgan fingerprint density at radius 3 is 2.33 bits per heavy atom. The second kappa shape index (κ2) is 11.8. The fourth-order valence-corrected chi connectivity index (χ4v) is 8.71. The minimum absolute atomic E-state index is 0.00304. The van der Waals surface area contributed by atoms with Crippen LogP contribution in [0.1, 0.15) is 83.1 Å². The minimum Gasteiger partial charge on any atom is -0.497 e. The molecule has 1 unspecified atom stereocenters. The molecule has 1 aromatic heterocycles. The fourth-order valence-electron chi connectivity index (χ4n) is 8.71. The molecule has 2 heterocycles. The third-order valence-electron chi connectivity index (χ3n) is 10.9. The second-order valence-corrected chi connectivity index (χ2v) is 14.0. The number of methoxy groups -OCH3 is 1. The lowest BCUT2D eigenvalue weighted by Crippen LogP contribution is -2.64. The molecule has 6 aliphatic rings. The quantitative estimate of drug-likeness (QED) is 0.239. The number of pyridine rings is 1. The van der Waals surface area contributed by atoms with Crippen molar-refractivity contribution in [2.75, 3.05) is 19.0 Å². The van der Waals surface area contributed by atoms with Crippen molar-refractivity contribution in [2.45, 2.75) is 101 Å². The molecule has 2 aromatic rings. The van der Waals surface area contributed by atoms with E-state index < -0.39 is 23.3 Å². The highest BCUT2D eigenvalue weighted by Gasteiger charge is 2.64. The summed E-state index contributed by atoms with van der Waals surface area (Å²) in [7, 11) is 1.42. The lowest BCUT2D eigenvalue weighted by Gasteiger charge is -2.60. The third kappa shape index (κ3) is 5.87. The Balaban J connectivity index is 0.864. The van der Waals surface area contributed by atoms with Gasteiger partial charge in [0.1, 0.15) is 5.75 Å². The number of halogens is 3. The summed E-state index contributed by atoms with van der Waals surface area (Å²) in [5.74, 6) is 0.618. The summed E-state index contributed by atoms with van der Waals surface area (Å²) in [5, 5.41) is 6.32. The highest BCUT2D eigenvalue weighted by atomic mass is 19.4. The SMILES string of the molecule is COc1cc(NC(C)CCCNC(=O)C2CCC3(CC2)OOC2(OO3)C3CC4CC(C3)CC2C4)c2nccc(C(F)(F)F)c2c1. The van der Waals surface area contributed by atoms with Crippen LogP contribution in [-0.4, -0.2) is 42.2 Å². The smallest absolute Gasteiger partial charge is 0.417 e. The number of aromatic nitrogens is 1. The van der Waals surface area contributed by atoms with Gasteiger partial charge in [0.25, 0.3) is 0 Å². The second-order valence-electron chi connectivity index (χ2n) is 14.0. The molecule has 0 radical (unpaired) electrons. The van der Waals surface area contributed by atoms with Crippen molar-refractivity contribution >= 4 is 22.5 Å².